The SMILES string of the molecule is O=C(CN1C(=O)[C@H]2[C@H](C1=O)[C@H]1C=C[C@H]2C1)N[C@H](c1ccc(F)cc1)C1CC1. The van der Waals surface area contributed by atoms with Gasteiger partial charge in [-0.1, -0.05) is 24.3 Å². The lowest BCUT2D eigenvalue weighted by atomic mass is 9.85. The van der Waals surface area contributed by atoms with Crippen molar-refractivity contribution in [2.75, 3.05) is 6.54 Å². The van der Waals surface area contributed by atoms with Gasteiger partial charge in [-0.3, -0.25) is 19.3 Å². The zero-order chi connectivity index (χ0) is 18.7. The third-order valence-electron chi connectivity index (χ3n) is 6.50. The molecule has 140 valence electrons. The summed E-state index contributed by atoms with van der Waals surface area (Å²) < 4.78 is 13.2. The van der Waals surface area contributed by atoms with Gasteiger partial charge in [-0.05, 0) is 54.7 Å². The lowest BCUT2D eigenvalue weighted by Crippen LogP contribution is -2.43. The van der Waals surface area contributed by atoms with Crippen molar-refractivity contribution < 1.29 is 18.8 Å². The molecule has 1 aromatic rings. The Bertz CT molecular complexity index is 815. The van der Waals surface area contributed by atoms with E-state index in [1.54, 1.807) is 12.1 Å². The van der Waals surface area contributed by atoms with Crippen LogP contribution in [0.3, 0.4) is 0 Å². The number of nitrogens with one attached hydrogen (secondary N) is 1. The van der Waals surface area contributed by atoms with E-state index in [1.807, 2.05) is 12.2 Å². The number of amides is 3. The Morgan fingerprint density at radius 1 is 1.07 bits per heavy atom. The fourth-order valence-corrected chi connectivity index (χ4v) is 5.06. The quantitative estimate of drug-likeness (QED) is 0.640. The summed E-state index contributed by atoms with van der Waals surface area (Å²) in [6.07, 6.45) is 6.96. The Hall–Kier alpha value is -2.50. The van der Waals surface area contributed by atoms with Crippen molar-refractivity contribution in [2.24, 2.45) is 29.6 Å². The predicted octanol–water partition coefficient (Wildman–Crippen LogP) is 2.20. The average Bonchev–Trinajstić information content (AvgIpc) is 3.21. The highest BCUT2D eigenvalue weighted by molar-refractivity contribution is 6.08. The summed E-state index contributed by atoms with van der Waals surface area (Å²) in [6, 6.07) is 5.92. The van der Waals surface area contributed by atoms with Crippen LogP contribution in [0.4, 0.5) is 4.39 Å². The molecule has 1 aromatic carbocycles. The van der Waals surface area contributed by atoms with Crippen LogP contribution in [0.15, 0.2) is 36.4 Å². The Labute approximate surface area is 156 Å². The summed E-state index contributed by atoms with van der Waals surface area (Å²) in [5.41, 5.74) is 0.852. The minimum absolute atomic E-state index is 0.142. The van der Waals surface area contributed by atoms with E-state index in [0.717, 1.165) is 29.7 Å². The maximum atomic E-state index is 13.2. The second-order valence-corrected chi connectivity index (χ2v) is 8.20. The third kappa shape index (κ3) is 2.69. The molecule has 3 aliphatic carbocycles. The molecule has 0 unspecified atom stereocenters. The fraction of sp³-hybridized carbons (Fsp3) is 0.476. The Balaban J connectivity index is 1.28. The molecular formula is C21H21FN2O3. The van der Waals surface area contributed by atoms with E-state index in [1.165, 1.54) is 12.1 Å². The summed E-state index contributed by atoms with van der Waals surface area (Å²) in [6.45, 7) is -0.228. The van der Waals surface area contributed by atoms with Crippen LogP contribution in [0.1, 0.15) is 30.9 Å². The van der Waals surface area contributed by atoms with Gasteiger partial charge in [0.25, 0.3) is 0 Å². The molecule has 3 fully saturated rings. The van der Waals surface area contributed by atoms with Crippen molar-refractivity contribution in [1.29, 1.82) is 0 Å². The number of carbonyl (C=O) groups excluding carboxylic acids is 3. The first-order valence-electron chi connectivity index (χ1n) is 9.61. The van der Waals surface area contributed by atoms with Crippen molar-refractivity contribution in [3.63, 3.8) is 0 Å². The van der Waals surface area contributed by atoms with Crippen LogP contribution in [0.2, 0.25) is 0 Å². The highest BCUT2D eigenvalue weighted by Gasteiger charge is 2.59. The first-order chi connectivity index (χ1) is 13.0. The highest BCUT2D eigenvalue weighted by atomic mass is 19.1. The normalized spacial score (nSPS) is 32.1. The predicted molar refractivity (Wildman–Crippen MR) is 94.4 cm³/mol. The van der Waals surface area contributed by atoms with E-state index >= 15 is 0 Å². The number of likely N-dealkylation sites (tertiary alicyclic amines) is 1. The van der Waals surface area contributed by atoms with E-state index in [4.69, 9.17) is 0 Å². The van der Waals surface area contributed by atoms with Crippen molar-refractivity contribution in [1.82, 2.24) is 10.2 Å². The van der Waals surface area contributed by atoms with Crippen LogP contribution in [-0.4, -0.2) is 29.2 Å². The lowest BCUT2D eigenvalue weighted by molar-refractivity contribution is -0.144. The minimum Gasteiger partial charge on any atom is -0.347 e. The fourth-order valence-electron chi connectivity index (χ4n) is 5.06. The second-order valence-electron chi connectivity index (χ2n) is 8.20. The van der Waals surface area contributed by atoms with Gasteiger partial charge in [0.05, 0.1) is 17.9 Å². The number of imide groups is 1. The van der Waals surface area contributed by atoms with Crippen LogP contribution < -0.4 is 5.32 Å². The molecule has 0 spiro atoms. The van der Waals surface area contributed by atoms with Crippen LogP contribution >= 0.6 is 0 Å². The standard InChI is InChI=1S/C21H21FN2O3/c22-15-7-5-12(6-8-15)19(11-1-2-11)23-16(25)10-24-20(26)17-13-3-4-14(9-13)18(17)21(24)27/h3-8,11,13-14,17-19H,1-2,9-10H2,(H,23,25)/t13-,14-,17+,18+,19-/m0/s1. The van der Waals surface area contributed by atoms with Gasteiger partial charge in [0, 0.05) is 0 Å². The molecule has 6 heteroatoms. The van der Waals surface area contributed by atoms with Crippen LogP contribution in [0.25, 0.3) is 0 Å². The molecule has 1 aliphatic heterocycles. The first-order valence-corrected chi connectivity index (χ1v) is 9.61. The molecule has 2 saturated carbocycles. The summed E-state index contributed by atoms with van der Waals surface area (Å²) in [5.74, 6) is -1.02. The molecule has 5 rings (SSSR count). The summed E-state index contributed by atoms with van der Waals surface area (Å²) in [4.78, 5) is 39.2. The van der Waals surface area contributed by atoms with Gasteiger partial charge in [-0.2, -0.15) is 0 Å². The topological polar surface area (TPSA) is 66.5 Å². The van der Waals surface area contributed by atoms with Crippen LogP contribution in [0, 0.1) is 35.4 Å². The van der Waals surface area contributed by atoms with Gasteiger partial charge >= 0.3 is 0 Å². The molecule has 0 radical (unpaired) electrons. The van der Waals surface area contributed by atoms with Crippen molar-refractivity contribution in [3.8, 4) is 0 Å². The largest absolute Gasteiger partial charge is 0.347 e. The summed E-state index contributed by atoms with van der Waals surface area (Å²) in [5, 5.41) is 2.96. The molecule has 1 heterocycles. The number of nitrogens with zero attached hydrogens (tertiary/aromatic N) is 1. The Morgan fingerprint density at radius 2 is 1.67 bits per heavy atom. The summed E-state index contributed by atoms with van der Waals surface area (Å²) >= 11 is 0. The van der Waals surface area contributed by atoms with Gasteiger partial charge < -0.3 is 5.32 Å². The van der Waals surface area contributed by atoms with Crippen molar-refractivity contribution >= 4 is 17.7 Å². The van der Waals surface area contributed by atoms with Gasteiger partial charge in [0.1, 0.15) is 12.4 Å². The maximum absolute atomic E-state index is 13.2. The molecule has 27 heavy (non-hydrogen) atoms. The molecule has 1 N–H and O–H groups in total. The van der Waals surface area contributed by atoms with E-state index in [-0.39, 0.29) is 59.8 Å². The van der Waals surface area contributed by atoms with Gasteiger partial charge in [-0.15, -0.1) is 0 Å². The van der Waals surface area contributed by atoms with E-state index < -0.39 is 0 Å². The maximum Gasteiger partial charge on any atom is 0.240 e. The number of benzene rings is 1. The van der Waals surface area contributed by atoms with E-state index in [9.17, 15) is 18.8 Å². The molecule has 5 nitrogen and oxygen atoms in total. The van der Waals surface area contributed by atoms with E-state index in [2.05, 4.69) is 5.32 Å². The van der Waals surface area contributed by atoms with Gasteiger partial charge in [-0.25, -0.2) is 4.39 Å². The number of carbonyl (C=O) groups is 3. The molecule has 2 bridgehead atoms. The zero-order valence-electron chi connectivity index (χ0n) is 14.8. The monoisotopic (exact) mass is 368 g/mol. The second kappa shape index (κ2) is 6.01. The van der Waals surface area contributed by atoms with E-state index in [0.29, 0.717) is 5.92 Å². The lowest BCUT2D eigenvalue weighted by Gasteiger charge is -2.22. The molecule has 4 aliphatic rings. The number of allylic oxidation sites excluding steroid dienone is 2. The number of halogens is 1. The number of fused-ring (bicyclic) bond motifs is 5. The molecule has 3 amide bonds. The van der Waals surface area contributed by atoms with Crippen molar-refractivity contribution in [3.05, 3.63) is 47.8 Å². The number of hydrogen-bond acceptors (Lipinski definition) is 3. The highest BCUT2D eigenvalue weighted by Crippen LogP contribution is 2.52. The third-order valence-corrected chi connectivity index (χ3v) is 6.50. The number of rotatable bonds is 5. The smallest absolute Gasteiger partial charge is 0.240 e. The molecular weight excluding hydrogens is 347 g/mol. The summed E-state index contributed by atoms with van der Waals surface area (Å²) in [7, 11) is 0. The Kier molecular flexibility index (Phi) is 3.71. The van der Waals surface area contributed by atoms with Crippen molar-refractivity contribution in [2.45, 2.75) is 25.3 Å². The first kappa shape index (κ1) is 16.7. The molecule has 5 atom stereocenters. The minimum atomic E-state index is -0.335. The van der Waals surface area contributed by atoms with Crippen LogP contribution in [-0.2, 0) is 14.4 Å². The van der Waals surface area contributed by atoms with Gasteiger partial charge in [0.15, 0.2) is 0 Å². The average molecular weight is 368 g/mol. The van der Waals surface area contributed by atoms with Gasteiger partial charge in [0.2, 0.25) is 17.7 Å². The molecule has 0 aromatic heterocycles. The Morgan fingerprint density at radius 3 is 2.22 bits per heavy atom. The zero-order valence-corrected chi connectivity index (χ0v) is 14.8. The molecule has 1 saturated heterocycles. The number of hydrogen-bond donors (Lipinski definition) is 1. The van der Waals surface area contributed by atoms with Crippen LogP contribution in [0.5, 0.6) is 0 Å².